The van der Waals surface area contributed by atoms with Gasteiger partial charge in [-0.3, -0.25) is 0 Å². The zero-order valence-corrected chi connectivity index (χ0v) is 11.7. The highest BCUT2D eigenvalue weighted by atomic mass is 35.5. The van der Waals surface area contributed by atoms with Gasteiger partial charge in [0, 0.05) is 9.92 Å². The van der Waals surface area contributed by atoms with E-state index in [2.05, 4.69) is 11.4 Å². The average Bonchev–Trinajstić information content (AvgIpc) is 2.36. The van der Waals surface area contributed by atoms with E-state index >= 15 is 0 Å². The van der Waals surface area contributed by atoms with Crippen LogP contribution in [0.2, 0.25) is 5.02 Å². The Bertz CT molecular complexity index is 385. The van der Waals surface area contributed by atoms with Crippen molar-refractivity contribution in [2.45, 2.75) is 30.2 Å². The second-order valence-corrected chi connectivity index (χ2v) is 5.70. The molecule has 0 radical (unpaired) electrons. The first-order valence-electron chi connectivity index (χ1n) is 5.58. The number of halogens is 1. The number of nitrogens with one attached hydrogen (secondary N) is 1. The van der Waals surface area contributed by atoms with Crippen LogP contribution in [0.3, 0.4) is 0 Å². The van der Waals surface area contributed by atoms with E-state index in [9.17, 15) is 0 Å². The average molecular weight is 269 g/mol. The maximum atomic E-state index is 9.00. The van der Waals surface area contributed by atoms with Gasteiger partial charge in [-0.15, -0.1) is 11.8 Å². The monoisotopic (exact) mass is 268 g/mol. The van der Waals surface area contributed by atoms with Crippen molar-refractivity contribution < 1.29 is 0 Å². The molecule has 1 atom stereocenters. The fraction of sp³-hybridized carbons (Fsp3) is 0.462. The van der Waals surface area contributed by atoms with E-state index in [0.29, 0.717) is 0 Å². The molecule has 1 unspecified atom stereocenters. The van der Waals surface area contributed by atoms with Crippen LogP contribution in [0.25, 0.3) is 0 Å². The molecule has 0 fully saturated rings. The maximum absolute atomic E-state index is 9.00. The largest absolute Gasteiger partial charge is 0.303 e. The summed E-state index contributed by atoms with van der Waals surface area (Å²) in [5.41, 5.74) is -0.402. The van der Waals surface area contributed by atoms with Crippen LogP contribution in [0, 0.1) is 11.3 Å². The van der Waals surface area contributed by atoms with Crippen LogP contribution >= 0.6 is 23.4 Å². The van der Waals surface area contributed by atoms with Crippen LogP contribution < -0.4 is 5.32 Å². The van der Waals surface area contributed by atoms with Gasteiger partial charge in [0.1, 0.15) is 5.54 Å². The summed E-state index contributed by atoms with van der Waals surface area (Å²) in [6.45, 7) is 1.93. The summed E-state index contributed by atoms with van der Waals surface area (Å²) in [7, 11) is 1.83. The quantitative estimate of drug-likeness (QED) is 0.631. The van der Waals surface area contributed by atoms with Gasteiger partial charge in [-0.25, -0.2) is 0 Å². The van der Waals surface area contributed by atoms with Crippen molar-refractivity contribution in [1.29, 1.82) is 5.26 Å². The summed E-state index contributed by atoms with van der Waals surface area (Å²) in [4.78, 5) is 1.22. The summed E-state index contributed by atoms with van der Waals surface area (Å²) >= 11 is 7.61. The van der Waals surface area contributed by atoms with Gasteiger partial charge >= 0.3 is 0 Å². The molecule has 0 spiro atoms. The van der Waals surface area contributed by atoms with Gasteiger partial charge in [0.15, 0.2) is 0 Å². The topological polar surface area (TPSA) is 35.8 Å². The Hall–Kier alpha value is -0.690. The van der Waals surface area contributed by atoms with Crippen LogP contribution in [0.4, 0.5) is 0 Å². The van der Waals surface area contributed by atoms with E-state index in [4.69, 9.17) is 16.9 Å². The Balaban J connectivity index is 2.29. The van der Waals surface area contributed by atoms with Crippen LogP contribution in [0.15, 0.2) is 29.2 Å². The van der Waals surface area contributed by atoms with Crippen molar-refractivity contribution in [3.8, 4) is 6.07 Å². The van der Waals surface area contributed by atoms with Crippen molar-refractivity contribution in [2.75, 3.05) is 12.8 Å². The molecule has 0 saturated heterocycles. The number of hydrogen-bond acceptors (Lipinski definition) is 3. The molecule has 0 aliphatic carbocycles. The molecule has 0 amide bonds. The van der Waals surface area contributed by atoms with E-state index in [1.165, 1.54) is 4.90 Å². The lowest BCUT2D eigenvalue weighted by Crippen LogP contribution is -2.37. The van der Waals surface area contributed by atoms with Gasteiger partial charge in [0.2, 0.25) is 0 Å². The van der Waals surface area contributed by atoms with Gasteiger partial charge in [-0.05, 0) is 56.8 Å². The van der Waals surface area contributed by atoms with Crippen LogP contribution in [-0.2, 0) is 0 Å². The summed E-state index contributed by atoms with van der Waals surface area (Å²) in [6.07, 6.45) is 1.87. The predicted molar refractivity (Wildman–Crippen MR) is 74.5 cm³/mol. The Morgan fingerprint density at radius 3 is 2.59 bits per heavy atom. The molecule has 0 saturated carbocycles. The molecule has 17 heavy (non-hydrogen) atoms. The maximum Gasteiger partial charge on any atom is 0.103 e. The lowest BCUT2D eigenvalue weighted by atomic mass is 9.99. The molecular weight excluding hydrogens is 252 g/mol. The fourth-order valence-electron chi connectivity index (χ4n) is 1.38. The first-order chi connectivity index (χ1) is 8.09. The van der Waals surface area contributed by atoms with Crippen LogP contribution in [-0.4, -0.2) is 18.3 Å². The molecule has 1 aromatic rings. The molecule has 1 aromatic carbocycles. The van der Waals surface area contributed by atoms with Gasteiger partial charge in [0.05, 0.1) is 6.07 Å². The minimum atomic E-state index is -0.402. The summed E-state index contributed by atoms with van der Waals surface area (Å²) < 4.78 is 0. The highest BCUT2D eigenvalue weighted by Crippen LogP contribution is 2.22. The molecular formula is C13H17ClN2S. The van der Waals surface area contributed by atoms with E-state index in [1.807, 2.05) is 38.2 Å². The predicted octanol–water partition coefficient (Wildman–Crippen LogP) is 3.71. The first kappa shape index (κ1) is 14.4. The van der Waals surface area contributed by atoms with Crippen molar-refractivity contribution >= 4 is 23.4 Å². The Kier molecular flexibility index (Phi) is 5.84. The highest BCUT2D eigenvalue weighted by molar-refractivity contribution is 7.99. The standard InChI is InChI=1S/C13H17ClN2S/c1-13(10-15,16-2)8-3-9-17-12-6-4-11(14)5-7-12/h4-7,16H,3,8-9H2,1-2H3. The molecule has 1 N–H and O–H groups in total. The van der Waals surface area contributed by atoms with Crippen molar-refractivity contribution in [1.82, 2.24) is 5.32 Å². The highest BCUT2D eigenvalue weighted by Gasteiger charge is 2.19. The lowest BCUT2D eigenvalue weighted by molar-refractivity contribution is 0.451. The Morgan fingerprint density at radius 2 is 2.06 bits per heavy atom. The van der Waals surface area contributed by atoms with Gasteiger partial charge < -0.3 is 5.32 Å². The van der Waals surface area contributed by atoms with Gasteiger partial charge in [-0.1, -0.05) is 11.6 Å². The second-order valence-electron chi connectivity index (χ2n) is 4.10. The number of hydrogen-bond donors (Lipinski definition) is 1. The fourth-order valence-corrected chi connectivity index (χ4v) is 2.36. The lowest BCUT2D eigenvalue weighted by Gasteiger charge is -2.20. The number of nitriles is 1. The van der Waals surface area contributed by atoms with Crippen LogP contribution in [0.1, 0.15) is 19.8 Å². The number of rotatable bonds is 6. The van der Waals surface area contributed by atoms with E-state index in [0.717, 1.165) is 23.6 Å². The van der Waals surface area contributed by atoms with Crippen molar-refractivity contribution in [2.24, 2.45) is 0 Å². The number of thioether (sulfide) groups is 1. The minimum Gasteiger partial charge on any atom is -0.303 e. The third kappa shape index (κ3) is 4.99. The number of nitrogens with zero attached hydrogens (tertiary/aromatic N) is 1. The SMILES string of the molecule is CNC(C)(C#N)CCCSc1ccc(Cl)cc1. The Morgan fingerprint density at radius 1 is 1.41 bits per heavy atom. The molecule has 2 nitrogen and oxygen atoms in total. The third-order valence-electron chi connectivity index (χ3n) is 2.70. The zero-order valence-electron chi connectivity index (χ0n) is 10.2. The molecule has 0 heterocycles. The smallest absolute Gasteiger partial charge is 0.103 e. The molecule has 92 valence electrons. The van der Waals surface area contributed by atoms with E-state index < -0.39 is 5.54 Å². The summed E-state index contributed by atoms with van der Waals surface area (Å²) in [5, 5.41) is 12.8. The Labute approximate surface area is 112 Å². The molecule has 0 aliphatic heterocycles. The van der Waals surface area contributed by atoms with Gasteiger partial charge in [-0.2, -0.15) is 5.26 Å². The molecule has 0 bridgehead atoms. The zero-order chi connectivity index (χ0) is 12.7. The second kappa shape index (κ2) is 6.90. The molecule has 4 heteroatoms. The molecule has 0 aliphatic rings. The molecule has 1 rings (SSSR count). The normalized spacial score (nSPS) is 14.0. The number of benzene rings is 1. The van der Waals surface area contributed by atoms with Crippen molar-refractivity contribution in [3.05, 3.63) is 29.3 Å². The first-order valence-corrected chi connectivity index (χ1v) is 6.94. The van der Waals surface area contributed by atoms with Crippen LogP contribution in [0.5, 0.6) is 0 Å². The van der Waals surface area contributed by atoms with Crippen molar-refractivity contribution in [3.63, 3.8) is 0 Å². The van der Waals surface area contributed by atoms with E-state index in [1.54, 1.807) is 11.8 Å². The third-order valence-corrected chi connectivity index (χ3v) is 4.05. The van der Waals surface area contributed by atoms with Gasteiger partial charge in [0.25, 0.3) is 0 Å². The summed E-state index contributed by atoms with van der Waals surface area (Å²) in [5.74, 6) is 1.01. The summed E-state index contributed by atoms with van der Waals surface area (Å²) in [6, 6.07) is 10.1. The van der Waals surface area contributed by atoms with E-state index in [-0.39, 0.29) is 0 Å². The minimum absolute atomic E-state index is 0.402. The molecule has 0 aromatic heterocycles.